The molecule has 0 spiro atoms. The topological polar surface area (TPSA) is 87.7 Å². The molecule has 0 aliphatic carbocycles. The first-order valence-corrected chi connectivity index (χ1v) is 7.33. The van der Waals surface area contributed by atoms with Gasteiger partial charge in [0.25, 0.3) is 5.91 Å². The zero-order chi connectivity index (χ0) is 14.8. The molecule has 0 fully saturated rings. The molecule has 2 amide bonds. The first-order valence-electron chi connectivity index (χ1n) is 6.46. The molecule has 1 heterocycles. The summed E-state index contributed by atoms with van der Waals surface area (Å²) in [4.78, 5) is 24.1. The van der Waals surface area contributed by atoms with Crippen LogP contribution in [0.4, 0.5) is 0 Å². The van der Waals surface area contributed by atoms with E-state index < -0.39 is 6.04 Å². The van der Waals surface area contributed by atoms with Gasteiger partial charge in [0, 0.05) is 13.2 Å². The molecule has 0 aliphatic heterocycles. The predicted octanol–water partition coefficient (Wildman–Crippen LogP) is 0.382. The van der Waals surface area contributed by atoms with E-state index in [0.717, 1.165) is 0 Å². The van der Waals surface area contributed by atoms with E-state index in [-0.39, 0.29) is 18.4 Å². The van der Waals surface area contributed by atoms with Crippen LogP contribution in [0.3, 0.4) is 0 Å². The van der Waals surface area contributed by atoms with Crippen molar-refractivity contribution in [3.8, 4) is 0 Å². The lowest BCUT2D eigenvalue weighted by atomic mass is 10.3. The van der Waals surface area contributed by atoms with E-state index in [1.807, 2.05) is 5.38 Å². The molecule has 3 N–H and O–H groups in total. The van der Waals surface area contributed by atoms with Crippen LogP contribution in [-0.2, 0) is 9.53 Å². The van der Waals surface area contributed by atoms with Gasteiger partial charge in [-0.3, -0.25) is 9.59 Å². The second kappa shape index (κ2) is 9.46. The van der Waals surface area contributed by atoms with Crippen LogP contribution in [0.15, 0.2) is 17.5 Å². The summed E-state index contributed by atoms with van der Waals surface area (Å²) in [6.07, 6.45) is 0.664. The standard InChI is InChI=1S/C13H20N2O4S/c1-10(15-13(18)11-4-2-9-20-11)12(17)14-5-3-7-19-8-6-16/h2,4,9-10,16H,3,5-8H2,1H3,(H,14,17)(H,15,18). The van der Waals surface area contributed by atoms with Crippen LogP contribution in [0.5, 0.6) is 0 Å². The van der Waals surface area contributed by atoms with Crippen molar-refractivity contribution in [2.45, 2.75) is 19.4 Å². The van der Waals surface area contributed by atoms with Gasteiger partial charge in [-0.05, 0) is 24.8 Å². The van der Waals surface area contributed by atoms with E-state index >= 15 is 0 Å². The first-order chi connectivity index (χ1) is 9.65. The number of hydrogen-bond acceptors (Lipinski definition) is 5. The zero-order valence-electron chi connectivity index (χ0n) is 11.4. The Morgan fingerprint density at radius 2 is 2.25 bits per heavy atom. The van der Waals surface area contributed by atoms with Crippen molar-refractivity contribution in [2.75, 3.05) is 26.4 Å². The Labute approximate surface area is 122 Å². The van der Waals surface area contributed by atoms with Crippen molar-refractivity contribution < 1.29 is 19.4 Å². The van der Waals surface area contributed by atoms with E-state index in [4.69, 9.17) is 9.84 Å². The summed E-state index contributed by atoms with van der Waals surface area (Å²) in [5.74, 6) is -0.467. The SMILES string of the molecule is CC(NC(=O)c1cccs1)C(=O)NCCCOCCO. The fraction of sp³-hybridized carbons (Fsp3) is 0.538. The van der Waals surface area contributed by atoms with Gasteiger partial charge in [-0.15, -0.1) is 11.3 Å². The van der Waals surface area contributed by atoms with E-state index in [1.165, 1.54) is 11.3 Å². The van der Waals surface area contributed by atoms with Crippen molar-refractivity contribution in [2.24, 2.45) is 0 Å². The van der Waals surface area contributed by atoms with Crippen LogP contribution in [0.2, 0.25) is 0 Å². The highest BCUT2D eigenvalue weighted by Crippen LogP contribution is 2.07. The Bertz CT molecular complexity index is 409. The number of nitrogens with one attached hydrogen (secondary N) is 2. The number of carbonyl (C=O) groups excluding carboxylic acids is 2. The van der Waals surface area contributed by atoms with Crippen molar-refractivity contribution in [1.82, 2.24) is 10.6 Å². The van der Waals surface area contributed by atoms with Gasteiger partial charge in [-0.25, -0.2) is 0 Å². The van der Waals surface area contributed by atoms with Gasteiger partial charge in [0.05, 0.1) is 18.1 Å². The van der Waals surface area contributed by atoms with Crippen molar-refractivity contribution in [3.63, 3.8) is 0 Å². The number of ether oxygens (including phenoxy) is 1. The van der Waals surface area contributed by atoms with E-state index in [9.17, 15) is 9.59 Å². The number of hydrogen-bond donors (Lipinski definition) is 3. The van der Waals surface area contributed by atoms with Gasteiger partial charge in [-0.1, -0.05) is 6.07 Å². The fourth-order valence-corrected chi connectivity index (χ4v) is 2.07. The third kappa shape index (κ3) is 6.14. The molecular formula is C13H20N2O4S. The maximum absolute atomic E-state index is 11.7. The summed E-state index contributed by atoms with van der Waals surface area (Å²) in [7, 11) is 0. The normalized spacial score (nSPS) is 11.9. The maximum Gasteiger partial charge on any atom is 0.261 e. The van der Waals surface area contributed by atoms with Gasteiger partial charge in [0.1, 0.15) is 6.04 Å². The van der Waals surface area contributed by atoms with Crippen LogP contribution < -0.4 is 10.6 Å². The molecule has 0 saturated carbocycles. The molecule has 0 radical (unpaired) electrons. The molecule has 0 saturated heterocycles. The number of thiophene rings is 1. The van der Waals surface area contributed by atoms with E-state index in [1.54, 1.807) is 19.1 Å². The Balaban J connectivity index is 2.17. The van der Waals surface area contributed by atoms with Crippen LogP contribution in [-0.4, -0.2) is 49.3 Å². The van der Waals surface area contributed by atoms with Gasteiger partial charge in [-0.2, -0.15) is 0 Å². The molecule has 0 aromatic carbocycles. The van der Waals surface area contributed by atoms with Crippen LogP contribution in [0.25, 0.3) is 0 Å². The molecule has 1 rings (SSSR count). The second-order valence-corrected chi connectivity index (χ2v) is 5.10. The largest absolute Gasteiger partial charge is 0.394 e. The molecule has 1 aromatic heterocycles. The maximum atomic E-state index is 11.7. The second-order valence-electron chi connectivity index (χ2n) is 4.15. The van der Waals surface area contributed by atoms with Crippen molar-refractivity contribution in [3.05, 3.63) is 22.4 Å². The van der Waals surface area contributed by atoms with Gasteiger partial charge >= 0.3 is 0 Å². The third-order valence-electron chi connectivity index (χ3n) is 2.49. The molecule has 112 valence electrons. The Morgan fingerprint density at radius 1 is 1.45 bits per heavy atom. The minimum absolute atomic E-state index is 0.00184. The molecule has 0 bridgehead atoms. The highest BCUT2D eigenvalue weighted by Gasteiger charge is 2.16. The smallest absolute Gasteiger partial charge is 0.261 e. The van der Waals surface area contributed by atoms with Gasteiger partial charge in [0.15, 0.2) is 0 Å². The molecule has 7 heteroatoms. The summed E-state index contributed by atoms with van der Waals surface area (Å²) in [6.45, 7) is 2.91. The molecule has 1 unspecified atom stereocenters. The highest BCUT2D eigenvalue weighted by molar-refractivity contribution is 7.12. The molecule has 1 aromatic rings. The number of amides is 2. The van der Waals surface area contributed by atoms with E-state index in [2.05, 4.69) is 10.6 Å². The number of rotatable bonds is 9. The van der Waals surface area contributed by atoms with Gasteiger partial charge < -0.3 is 20.5 Å². The predicted molar refractivity (Wildman–Crippen MR) is 76.8 cm³/mol. The van der Waals surface area contributed by atoms with Crippen LogP contribution in [0.1, 0.15) is 23.0 Å². The summed E-state index contributed by atoms with van der Waals surface area (Å²) in [6, 6.07) is 2.92. The molecule has 0 aliphatic rings. The third-order valence-corrected chi connectivity index (χ3v) is 3.35. The summed E-state index contributed by atoms with van der Waals surface area (Å²) in [5.41, 5.74) is 0. The summed E-state index contributed by atoms with van der Waals surface area (Å²) < 4.78 is 5.07. The first kappa shape index (κ1) is 16.6. The van der Waals surface area contributed by atoms with E-state index in [0.29, 0.717) is 31.1 Å². The molecule has 6 nitrogen and oxygen atoms in total. The minimum atomic E-state index is -0.581. The number of aliphatic hydroxyl groups excluding tert-OH is 1. The Kier molecular flexibility index (Phi) is 7.86. The monoisotopic (exact) mass is 300 g/mol. The highest BCUT2D eigenvalue weighted by atomic mass is 32.1. The summed E-state index contributed by atoms with van der Waals surface area (Å²) >= 11 is 1.33. The molecule has 1 atom stereocenters. The number of carbonyl (C=O) groups is 2. The lowest BCUT2D eigenvalue weighted by Crippen LogP contribution is -2.45. The van der Waals surface area contributed by atoms with Crippen LogP contribution >= 0.6 is 11.3 Å². The average molecular weight is 300 g/mol. The number of aliphatic hydroxyl groups is 1. The average Bonchev–Trinajstić information content (AvgIpc) is 2.96. The lowest BCUT2D eigenvalue weighted by Gasteiger charge is -2.13. The quantitative estimate of drug-likeness (QED) is 0.575. The lowest BCUT2D eigenvalue weighted by molar-refractivity contribution is -0.122. The zero-order valence-corrected chi connectivity index (χ0v) is 12.2. The minimum Gasteiger partial charge on any atom is -0.394 e. The summed E-state index contributed by atoms with van der Waals surface area (Å²) in [5, 5.41) is 15.7. The molecule has 20 heavy (non-hydrogen) atoms. The fourth-order valence-electron chi connectivity index (χ4n) is 1.45. The van der Waals surface area contributed by atoms with Crippen molar-refractivity contribution >= 4 is 23.2 Å². The van der Waals surface area contributed by atoms with Crippen LogP contribution in [0, 0.1) is 0 Å². The van der Waals surface area contributed by atoms with Gasteiger partial charge in [0.2, 0.25) is 5.91 Å². The molecular weight excluding hydrogens is 280 g/mol. The Hall–Kier alpha value is -1.44. The van der Waals surface area contributed by atoms with Crippen molar-refractivity contribution in [1.29, 1.82) is 0 Å². The Morgan fingerprint density at radius 3 is 2.90 bits per heavy atom.